The maximum absolute atomic E-state index is 12.8. The molecule has 3 rings (SSSR count). The Bertz CT molecular complexity index is 782. The van der Waals surface area contributed by atoms with Crippen molar-refractivity contribution in [2.75, 3.05) is 44.7 Å². The van der Waals surface area contributed by atoms with Crippen LogP contribution in [0, 0.1) is 11.8 Å². The molecule has 2 aliphatic rings. The zero-order valence-corrected chi connectivity index (χ0v) is 17.7. The van der Waals surface area contributed by atoms with Crippen LogP contribution in [-0.2, 0) is 19.6 Å². The van der Waals surface area contributed by atoms with Crippen molar-refractivity contribution in [3.63, 3.8) is 0 Å². The number of anilines is 1. The minimum absolute atomic E-state index is 0.109. The van der Waals surface area contributed by atoms with E-state index in [0.29, 0.717) is 43.8 Å². The molecule has 0 unspecified atom stereocenters. The van der Waals surface area contributed by atoms with Gasteiger partial charge in [0.05, 0.1) is 24.2 Å². The van der Waals surface area contributed by atoms with Crippen LogP contribution < -0.4 is 5.32 Å². The molecule has 0 aromatic heterocycles. The number of rotatable bonds is 5. The van der Waals surface area contributed by atoms with Crippen LogP contribution in [0.15, 0.2) is 29.2 Å². The summed E-state index contributed by atoms with van der Waals surface area (Å²) in [6.45, 7) is 9.66. The van der Waals surface area contributed by atoms with Crippen molar-refractivity contribution in [2.24, 2.45) is 11.8 Å². The van der Waals surface area contributed by atoms with E-state index in [-0.39, 0.29) is 16.8 Å². The molecule has 1 aromatic rings. The molecule has 8 heteroatoms. The number of amides is 1. The average molecular weight is 410 g/mol. The van der Waals surface area contributed by atoms with E-state index in [1.165, 1.54) is 16.8 Å². The van der Waals surface area contributed by atoms with Gasteiger partial charge in [-0.1, -0.05) is 19.9 Å². The number of ether oxygens (including phenoxy) is 1. The number of likely N-dealkylation sites (tertiary alicyclic amines) is 1. The van der Waals surface area contributed by atoms with E-state index in [1.54, 1.807) is 18.2 Å². The third-order valence-corrected chi connectivity index (χ3v) is 7.43. The van der Waals surface area contributed by atoms with Gasteiger partial charge in [0.15, 0.2) is 0 Å². The quantitative estimate of drug-likeness (QED) is 0.805. The second-order valence-electron chi connectivity index (χ2n) is 8.11. The number of nitrogens with zero attached hydrogens (tertiary/aromatic N) is 2. The van der Waals surface area contributed by atoms with Crippen LogP contribution >= 0.6 is 0 Å². The van der Waals surface area contributed by atoms with Crippen LogP contribution in [0.1, 0.15) is 27.2 Å². The molecular formula is C20H31N3O4S. The summed E-state index contributed by atoms with van der Waals surface area (Å²) in [6, 6.07) is 6.24. The predicted octanol–water partition coefficient (Wildman–Crippen LogP) is 2.01. The summed E-state index contributed by atoms with van der Waals surface area (Å²) in [5.41, 5.74) is 0.504. The van der Waals surface area contributed by atoms with Crippen molar-refractivity contribution < 1.29 is 17.9 Å². The number of sulfonamides is 1. The Kier molecular flexibility index (Phi) is 6.75. The number of piperidine rings is 1. The van der Waals surface area contributed by atoms with Gasteiger partial charge in [-0.2, -0.15) is 4.31 Å². The minimum Gasteiger partial charge on any atom is -0.379 e. The van der Waals surface area contributed by atoms with Gasteiger partial charge in [0.1, 0.15) is 0 Å². The highest BCUT2D eigenvalue weighted by Crippen LogP contribution is 2.24. The van der Waals surface area contributed by atoms with Gasteiger partial charge in [-0.3, -0.25) is 9.69 Å². The van der Waals surface area contributed by atoms with Crippen LogP contribution in [-0.4, -0.2) is 69.0 Å². The van der Waals surface area contributed by atoms with Gasteiger partial charge >= 0.3 is 0 Å². The van der Waals surface area contributed by atoms with Crippen molar-refractivity contribution in [3.8, 4) is 0 Å². The Balaban J connectivity index is 1.69. The number of benzene rings is 1. The molecule has 0 aliphatic carbocycles. The molecule has 2 fully saturated rings. The highest BCUT2D eigenvalue weighted by molar-refractivity contribution is 7.89. The van der Waals surface area contributed by atoms with Crippen molar-refractivity contribution in [1.82, 2.24) is 9.21 Å². The SMILES string of the molecule is C[C@@H]1C[C@H](C)CN([C@@H](C)C(=O)Nc2cccc(S(=O)(=O)N3CCOCC3)c2)C1. The second-order valence-corrected chi connectivity index (χ2v) is 10.0. The first kappa shape index (κ1) is 21.2. The highest BCUT2D eigenvalue weighted by Gasteiger charge is 2.30. The maximum atomic E-state index is 12.8. The molecule has 2 saturated heterocycles. The normalized spacial score (nSPS) is 26.0. The lowest BCUT2D eigenvalue weighted by molar-refractivity contribution is -0.121. The van der Waals surface area contributed by atoms with E-state index in [9.17, 15) is 13.2 Å². The van der Waals surface area contributed by atoms with Crippen LogP contribution in [0.4, 0.5) is 5.69 Å². The number of hydrogen-bond donors (Lipinski definition) is 1. The van der Waals surface area contributed by atoms with E-state index in [4.69, 9.17) is 4.74 Å². The zero-order valence-electron chi connectivity index (χ0n) is 16.9. The van der Waals surface area contributed by atoms with Gasteiger partial charge in [-0.25, -0.2) is 8.42 Å². The van der Waals surface area contributed by atoms with Crippen LogP contribution in [0.2, 0.25) is 0 Å². The fraction of sp³-hybridized carbons (Fsp3) is 0.650. The largest absolute Gasteiger partial charge is 0.379 e. The lowest BCUT2D eigenvalue weighted by atomic mass is 9.91. The number of morpholine rings is 1. The Hall–Kier alpha value is -1.48. The lowest BCUT2D eigenvalue weighted by Gasteiger charge is -2.38. The first-order chi connectivity index (χ1) is 13.3. The predicted molar refractivity (Wildman–Crippen MR) is 109 cm³/mol. The Morgan fingerprint density at radius 3 is 2.46 bits per heavy atom. The van der Waals surface area contributed by atoms with Gasteiger partial charge in [-0.15, -0.1) is 0 Å². The highest BCUT2D eigenvalue weighted by atomic mass is 32.2. The molecule has 1 aromatic carbocycles. The number of carbonyl (C=O) groups is 1. The Morgan fingerprint density at radius 2 is 1.82 bits per heavy atom. The van der Waals surface area contributed by atoms with E-state index in [0.717, 1.165) is 13.1 Å². The summed E-state index contributed by atoms with van der Waals surface area (Å²) in [7, 11) is -3.58. The lowest BCUT2D eigenvalue weighted by Crippen LogP contribution is -2.48. The fourth-order valence-electron chi connectivity index (χ4n) is 4.11. The molecule has 0 radical (unpaired) electrons. The molecular weight excluding hydrogens is 378 g/mol. The molecule has 0 spiro atoms. The summed E-state index contributed by atoms with van der Waals surface area (Å²) < 4.78 is 32.3. The summed E-state index contributed by atoms with van der Waals surface area (Å²) in [5, 5.41) is 2.90. The van der Waals surface area contributed by atoms with Crippen LogP contribution in [0.3, 0.4) is 0 Å². The van der Waals surface area contributed by atoms with E-state index in [1.807, 2.05) is 6.92 Å². The molecule has 28 heavy (non-hydrogen) atoms. The molecule has 7 nitrogen and oxygen atoms in total. The van der Waals surface area contributed by atoms with Crippen molar-refractivity contribution >= 4 is 21.6 Å². The van der Waals surface area contributed by atoms with Crippen molar-refractivity contribution in [2.45, 2.75) is 38.1 Å². The minimum atomic E-state index is -3.58. The van der Waals surface area contributed by atoms with Gasteiger partial charge in [-0.05, 0) is 43.4 Å². The standard InChI is InChI=1S/C20H31N3O4S/c1-15-11-16(2)14-22(13-15)17(3)20(24)21-18-5-4-6-19(12-18)28(25,26)23-7-9-27-10-8-23/h4-6,12,15-17H,7-11,13-14H2,1-3H3,(H,21,24)/t15-,16+,17-/m0/s1. The van der Waals surface area contributed by atoms with Crippen LogP contribution in [0.5, 0.6) is 0 Å². The zero-order chi connectivity index (χ0) is 20.3. The summed E-state index contributed by atoms with van der Waals surface area (Å²) in [4.78, 5) is 15.2. The van der Waals surface area contributed by atoms with Crippen molar-refractivity contribution in [3.05, 3.63) is 24.3 Å². The molecule has 2 heterocycles. The summed E-state index contributed by atoms with van der Waals surface area (Å²) in [6.07, 6.45) is 1.19. The number of nitrogens with one attached hydrogen (secondary N) is 1. The topological polar surface area (TPSA) is 79.0 Å². The van der Waals surface area contributed by atoms with Gasteiger partial charge in [0.25, 0.3) is 0 Å². The third-order valence-electron chi connectivity index (χ3n) is 5.53. The number of hydrogen-bond acceptors (Lipinski definition) is 5. The maximum Gasteiger partial charge on any atom is 0.243 e. The Morgan fingerprint density at radius 1 is 1.18 bits per heavy atom. The molecule has 2 aliphatic heterocycles. The van der Waals surface area contributed by atoms with E-state index >= 15 is 0 Å². The van der Waals surface area contributed by atoms with Crippen LogP contribution in [0.25, 0.3) is 0 Å². The van der Waals surface area contributed by atoms with E-state index in [2.05, 4.69) is 24.1 Å². The molecule has 156 valence electrons. The Labute approximate surface area is 168 Å². The molecule has 0 saturated carbocycles. The monoisotopic (exact) mass is 409 g/mol. The number of carbonyl (C=O) groups excluding carboxylic acids is 1. The van der Waals surface area contributed by atoms with Gasteiger partial charge in [0.2, 0.25) is 15.9 Å². The molecule has 1 N–H and O–H groups in total. The van der Waals surface area contributed by atoms with E-state index < -0.39 is 10.0 Å². The third kappa shape index (κ3) is 4.92. The molecule has 3 atom stereocenters. The van der Waals surface area contributed by atoms with Gasteiger partial charge < -0.3 is 10.1 Å². The van der Waals surface area contributed by atoms with Gasteiger partial charge in [0, 0.05) is 31.9 Å². The molecule has 1 amide bonds. The first-order valence-electron chi connectivity index (χ1n) is 10.00. The fourth-order valence-corrected chi connectivity index (χ4v) is 5.56. The average Bonchev–Trinajstić information content (AvgIpc) is 2.67. The van der Waals surface area contributed by atoms with Crippen molar-refractivity contribution in [1.29, 1.82) is 0 Å². The molecule has 0 bridgehead atoms. The first-order valence-corrected chi connectivity index (χ1v) is 11.4. The smallest absolute Gasteiger partial charge is 0.243 e. The summed E-state index contributed by atoms with van der Waals surface area (Å²) >= 11 is 0. The summed E-state index contributed by atoms with van der Waals surface area (Å²) in [5.74, 6) is 1.03. The second kappa shape index (κ2) is 8.90.